The second-order valence-corrected chi connectivity index (χ2v) is 5.10. The highest BCUT2D eigenvalue weighted by Crippen LogP contribution is 2.17. The number of carbonyl (C=O) groups excluding carboxylic acids is 1. The Morgan fingerprint density at radius 1 is 1.12 bits per heavy atom. The van der Waals surface area contributed by atoms with Crippen molar-refractivity contribution in [2.45, 2.75) is 13.8 Å². The first-order valence-corrected chi connectivity index (χ1v) is 7.12. The number of halogens is 1. The molecule has 2 aromatic heterocycles. The number of nitrogens with zero attached hydrogens (tertiary/aromatic N) is 3. The molecule has 0 fully saturated rings. The lowest BCUT2D eigenvalue weighted by molar-refractivity contribution is 0.102. The minimum Gasteiger partial charge on any atom is -0.360 e. The molecule has 2 N–H and O–H groups in total. The van der Waals surface area contributed by atoms with Crippen molar-refractivity contribution in [2.24, 2.45) is 0 Å². The van der Waals surface area contributed by atoms with Crippen LogP contribution in [0.3, 0.4) is 0 Å². The Labute approximate surface area is 136 Å². The fourth-order valence-electron chi connectivity index (χ4n) is 2.07. The number of amides is 1. The standard InChI is InChI=1S/C16H14FN5O2/c1-9-6-15(22-24-9)21-16(23)13-8-14(19-10(2)18-13)20-12-5-3-4-11(17)7-12/h3-8H,1-2H3,(H,18,19,20)(H,21,22,23). The first kappa shape index (κ1) is 15.6. The van der Waals surface area contributed by atoms with Crippen LogP contribution < -0.4 is 10.6 Å². The predicted octanol–water partition coefficient (Wildman–Crippen LogP) is 3.22. The van der Waals surface area contributed by atoms with E-state index in [0.717, 1.165) is 0 Å². The molecule has 0 aliphatic rings. The van der Waals surface area contributed by atoms with Crippen LogP contribution in [-0.4, -0.2) is 21.0 Å². The molecule has 8 heteroatoms. The van der Waals surface area contributed by atoms with Gasteiger partial charge in [0.2, 0.25) is 0 Å². The first-order valence-electron chi connectivity index (χ1n) is 7.12. The van der Waals surface area contributed by atoms with Gasteiger partial charge in [0.05, 0.1) is 0 Å². The van der Waals surface area contributed by atoms with E-state index < -0.39 is 5.91 Å². The summed E-state index contributed by atoms with van der Waals surface area (Å²) in [5.74, 6) is 0.847. The fourth-order valence-corrected chi connectivity index (χ4v) is 2.07. The zero-order chi connectivity index (χ0) is 17.1. The summed E-state index contributed by atoms with van der Waals surface area (Å²) in [6, 6.07) is 9.01. The molecule has 0 bridgehead atoms. The molecule has 0 radical (unpaired) electrons. The quantitative estimate of drug-likeness (QED) is 0.764. The van der Waals surface area contributed by atoms with Crippen LogP contribution in [0.2, 0.25) is 0 Å². The van der Waals surface area contributed by atoms with Gasteiger partial charge in [-0.1, -0.05) is 11.2 Å². The summed E-state index contributed by atoms with van der Waals surface area (Å²) in [5, 5.41) is 9.22. The van der Waals surface area contributed by atoms with Crippen molar-refractivity contribution in [3.63, 3.8) is 0 Å². The Morgan fingerprint density at radius 3 is 2.67 bits per heavy atom. The third kappa shape index (κ3) is 3.72. The van der Waals surface area contributed by atoms with Crippen LogP contribution >= 0.6 is 0 Å². The van der Waals surface area contributed by atoms with Gasteiger partial charge in [0.1, 0.15) is 28.9 Å². The summed E-state index contributed by atoms with van der Waals surface area (Å²) in [4.78, 5) is 20.6. The third-order valence-corrected chi connectivity index (χ3v) is 3.04. The van der Waals surface area contributed by atoms with E-state index >= 15 is 0 Å². The van der Waals surface area contributed by atoms with Gasteiger partial charge >= 0.3 is 0 Å². The Balaban J connectivity index is 1.81. The van der Waals surface area contributed by atoms with Crippen molar-refractivity contribution in [2.75, 3.05) is 10.6 Å². The van der Waals surface area contributed by atoms with Crippen molar-refractivity contribution in [1.82, 2.24) is 15.1 Å². The van der Waals surface area contributed by atoms with Gasteiger partial charge in [0.15, 0.2) is 5.82 Å². The predicted molar refractivity (Wildman–Crippen MR) is 85.6 cm³/mol. The monoisotopic (exact) mass is 327 g/mol. The molecule has 7 nitrogen and oxygen atoms in total. The number of aromatic nitrogens is 3. The molecule has 0 saturated heterocycles. The van der Waals surface area contributed by atoms with Crippen molar-refractivity contribution < 1.29 is 13.7 Å². The lowest BCUT2D eigenvalue weighted by Gasteiger charge is -2.08. The maximum atomic E-state index is 13.2. The van der Waals surface area contributed by atoms with Gasteiger partial charge in [-0.05, 0) is 32.0 Å². The Kier molecular flexibility index (Phi) is 4.19. The van der Waals surface area contributed by atoms with E-state index in [2.05, 4.69) is 25.8 Å². The van der Waals surface area contributed by atoms with Gasteiger partial charge in [-0.15, -0.1) is 0 Å². The topological polar surface area (TPSA) is 92.9 Å². The Bertz CT molecular complexity index is 894. The average molecular weight is 327 g/mol. The summed E-state index contributed by atoms with van der Waals surface area (Å²) < 4.78 is 18.1. The lowest BCUT2D eigenvalue weighted by atomic mass is 10.3. The van der Waals surface area contributed by atoms with Crippen LogP contribution in [-0.2, 0) is 0 Å². The maximum Gasteiger partial charge on any atom is 0.275 e. The second-order valence-electron chi connectivity index (χ2n) is 5.10. The minimum atomic E-state index is -0.448. The van der Waals surface area contributed by atoms with E-state index in [1.54, 1.807) is 32.0 Å². The normalized spacial score (nSPS) is 10.5. The third-order valence-electron chi connectivity index (χ3n) is 3.04. The average Bonchev–Trinajstić information content (AvgIpc) is 2.91. The zero-order valence-corrected chi connectivity index (χ0v) is 13.0. The molecule has 122 valence electrons. The molecule has 0 aliphatic carbocycles. The molecule has 2 heterocycles. The van der Waals surface area contributed by atoms with E-state index in [4.69, 9.17) is 4.52 Å². The van der Waals surface area contributed by atoms with E-state index in [1.807, 2.05) is 0 Å². The van der Waals surface area contributed by atoms with Gasteiger partial charge in [0.25, 0.3) is 5.91 Å². The molecule has 1 aromatic carbocycles. The molecular formula is C16H14FN5O2. The molecule has 0 saturated carbocycles. The number of hydrogen-bond donors (Lipinski definition) is 2. The van der Waals surface area contributed by atoms with Crippen LogP contribution in [0.15, 0.2) is 40.9 Å². The van der Waals surface area contributed by atoms with Crippen molar-refractivity contribution >= 4 is 23.2 Å². The Morgan fingerprint density at radius 2 is 1.96 bits per heavy atom. The highest BCUT2D eigenvalue weighted by Gasteiger charge is 2.13. The number of carbonyl (C=O) groups is 1. The first-order chi connectivity index (χ1) is 11.5. The molecule has 3 rings (SSSR count). The largest absolute Gasteiger partial charge is 0.360 e. The smallest absolute Gasteiger partial charge is 0.275 e. The molecule has 0 spiro atoms. The van der Waals surface area contributed by atoms with E-state index in [-0.39, 0.29) is 11.5 Å². The summed E-state index contributed by atoms with van der Waals surface area (Å²) in [7, 11) is 0. The highest BCUT2D eigenvalue weighted by atomic mass is 19.1. The van der Waals surface area contributed by atoms with Crippen LogP contribution in [0, 0.1) is 19.7 Å². The number of rotatable bonds is 4. The number of anilines is 3. The highest BCUT2D eigenvalue weighted by molar-refractivity contribution is 6.02. The van der Waals surface area contributed by atoms with E-state index in [0.29, 0.717) is 28.9 Å². The van der Waals surface area contributed by atoms with Crippen LogP contribution in [0.4, 0.5) is 21.7 Å². The summed E-state index contributed by atoms with van der Waals surface area (Å²) in [6.45, 7) is 3.38. The molecule has 3 aromatic rings. The Hall–Kier alpha value is -3.29. The van der Waals surface area contributed by atoms with Crippen LogP contribution in [0.5, 0.6) is 0 Å². The van der Waals surface area contributed by atoms with Gasteiger partial charge in [-0.3, -0.25) is 4.79 Å². The lowest BCUT2D eigenvalue weighted by Crippen LogP contribution is -2.15. The molecule has 0 aliphatic heterocycles. The van der Waals surface area contributed by atoms with Crippen LogP contribution in [0.1, 0.15) is 22.1 Å². The second kappa shape index (κ2) is 6.45. The number of nitrogens with one attached hydrogen (secondary N) is 2. The number of hydrogen-bond acceptors (Lipinski definition) is 6. The summed E-state index contributed by atoms with van der Waals surface area (Å²) in [5.41, 5.74) is 0.675. The van der Waals surface area contributed by atoms with Gasteiger partial charge in [-0.2, -0.15) is 0 Å². The molecular weight excluding hydrogens is 313 g/mol. The molecule has 24 heavy (non-hydrogen) atoms. The van der Waals surface area contributed by atoms with Crippen LogP contribution in [0.25, 0.3) is 0 Å². The van der Waals surface area contributed by atoms with E-state index in [1.165, 1.54) is 18.2 Å². The fraction of sp³-hybridized carbons (Fsp3) is 0.125. The summed E-state index contributed by atoms with van der Waals surface area (Å²) >= 11 is 0. The summed E-state index contributed by atoms with van der Waals surface area (Å²) in [6.07, 6.45) is 0. The maximum absolute atomic E-state index is 13.2. The van der Waals surface area contributed by atoms with Gasteiger partial charge < -0.3 is 15.2 Å². The van der Waals surface area contributed by atoms with Gasteiger partial charge in [0, 0.05) is 17.8 Å². The van der Waals surface area contributed by atoms with Crippen molar-refractivity contribution in [3.8, 4) is 0 Å². The molecule has 1 amide bonds. The zero-order valence-electron chi connectivity index (χ0n) is 13.0. The number of benzene rings is 1. The van der Waals surface area contributed by atoms with Crippen molar-refractivity contribution in [1.29, 1.82) is 0 Å². The van der Waals surface area contributed by atoms with Gasteiger partial charge in [-0.25, -0.2) is 14.4 Å². The van der Waals surface area contributed by atoms with E-state index in [9.17, 15) is 9.18 Å². The number of aryl methyl sites for hydroxylation is 2. The molecule has 0 unspecified atom stereocenters. The SMILES string of the molecule is Cc1nc(Nc2cccc(F)c2)cc(C(=O)Nc2cc(C)on2)n1. The van der Waals surface area contributed by atoms with Crippen molar-refractivity contribution in [3.05, 3.63) is 59.5 Å². The molecule has 0 atom stereocenters. The minimum absolute atomic E-state index is 0.155.